The minimum absolute atomic E-state index is 0.219. The molecule has 0 amide bonds. The minimum Gasteiger partial charge on any atom is -0.377 e. The lowest BCUT2D eigenvalue weighted by molar-refractivity contribution is -0.143. The number of hydrogen-bond acceptors (Lipinski definition) is 3. The first-order chi connectivity index (χ1) is 8.79. The van der Waals surface area contributed by atoms with Crippen LogP contribution in [0.5, 0.6) is 0 Å². The van der Waals surface area contributed by atoms with Crippen molar-refractivity contribution in [3.8, 4) is 0 Å². The number of nitrogens with one attached hydrogen (secondary N) is 1. The number of hydrogen-bond donors (Lipinski definition) is 1. The SMILES string of the molecule is Cc1c(NCc2cc(C(F)(F)F)n(C)n2)cnn1C. The van der Waals surface area contributed by atoms with Crippen molar-refractivity contribution in [2.45, 2.75) is 19.6 Å². The number of aromatic nitrogens is 4. The molecule has 2 heterocycles. The van der Waals surface area contributed by atoms with Crippen LogP contribution < -0.4 is 5.32 Å². The van der Waals surface area contributed by atoms with E-state index in [0.717, 1.165) is 22.1 Å². The Morgan fingerprint density at radius 3 is 2.42 bits per heavy atom. The maximum atomic E-state index is 12.6. The molecule has 0 radical (unpaired) electrons. The van der Waals surface area contributed by atoms with E-state index in [9.17, 15) is 13.2 Å². The molecule has 0 aromatic carbocycles. The normalized spacial score (nSPS) is 11.9. The van der Waals surface area contributed by atoms with E-state index in [1.165, 1.54) is 7.05 Å². The number of rotatable bonds is 3. The molecular weight excluding hydrogens is 259 g/mol. The summed E-state index contributed by atoms with van der Waals surface area (Å²) in [5.41, 5.74) is 1.26. The smallest absolute Gasteiger partial charge is 0.377 e. The number of aryl methyl sites for hydroxylation is 2. The maximum Gasteiger partial charge on any atom is 0.433 e. The van der Waals surface area contributed by atoms with Crippen molar-refractivity contribution in [2.75, 3.05) is 5.32 Å². The quantitative estimate of drug-likeness (QED) is 0.931. The van der Waals surface area contributed by atoms with Gasteiger partial charge in [-0.1, -0.05) is 0 Å². The highest BCUT2D eigenvalue weighted by Gasteiger charge is 2.34. The Labute approximate surface area is 108 Å². The summed E-state index contributed by atoms with van der Waals surface area (Å²) in [7, 11) is 3.07. The van der Waals surface area contributed by atoms with Gasteiger partial charge < -0.3 is 5.32 Å². The molecule has 0 aliphatic rings. The second kappa shape index (κ2) is 4.60. The van der Waals surface area contributed by atoms with E-state index < -0.39 is 11.9 Å². The molecule has 5 nitrogen and oxygen atoms in total. The summed E-state index contributed by atoms with van der Waals surface area (Å²) in [5.74, 6) is 0. The molecule has 0 saturated carbocycles. The fourth-order valence-corrected chi connectivity index (χ4v) is 1.74. The molecule has 0 spiro atoms. The molecule has 2 aromatic heterocycles. The van der Waals surface area contributed by atoms with Crippen LogP contribution in [-0.2, 0) is 26.8 Å². The van der Waals surface area contributed by atoms with E-state index in [1.54, 1.807) is 17.9 Å². The molecule has 0 unspecified atom stereocenters. The van der Waals surface area contributed by atoms with Gasteiger partial charge in [0.15, 0.2) is 0 Å². The molecular formula is C11H14F3N5. The third-order valence-corrected chi connectivity index (χ3v) is 2.92. The van der Waals surface area contributed by atoms with Gasteiger partial charge >= 0.3 is 6.18 Å². The lowest BCUT2D eigenvalue weighted by atomic mass is 10.3. The van der Waals surface area contributed by atoms with E-state index in [4.69, 9.17) is 0 Å². The van der Waals surface area contributed by atoms with Gasteiger partial charge in [0, 0.05) is 14.1 Å². The molecule has 2 aromatic rings. The van der Waals surface area contributed by atoms with Gasteiger partial charge in [-0.3, -0.25) is 9.36 Å². The van der Waals surface area contributed by atoms with Gasteiger partial charge in [0.05, 0.1) is 29.8 Å². The zero-order chi connectivity index (χ0) is 14.2. The molecule has 0 bridgehead atoms. The average molecular weight is 273 g/mol. The fraction of sp³-hybridized carbons (Fsp3) is 0.455. The lowest BCUT2D eigenvalue weighted by Crippen LogP contribution is -2.11. The number of nitrogens with zero attached hydrogens (tertiary/aromatic N) is 4. The van der Waals surface area contributed by atoms with Gasteiger partial charge in [0.1, 0.15) is 5.69 Å². The number of halogens is 3. The van der Waals surface area contributed by atoms with Crippen molar-refractivity contribution in [1.29, 1.82) is 0 Å². The lowest BCUT2D eigenvalue weighted by Gasteiger charge is -2.04. The van der Waals surface area contributed by atoms with Crippen LogP contribution in [0.4, 0.5) is 18.9 Å². The Hall–Kier alpha value is -1.99. The first-order valence-electron chi connectivity index (χ1n) is 5.61. The zero-order valence-electron chi connectivity index (χ0n) is 10.8. The van der Waals surface area contributed by atoms with E-state index in [-0.39, 0.29) is 6.54 Å². The second-order valence-corrected chi connectivity index (χ2v) is 4.26. The summed E-state index contributed by atoms with van der Waals surface area (Å²) in [4.78, 5) is 0. The highest BCUT2D eigenvalue weighted by molar-refractivity contribution is 5.45. The topological polar surface area (TPSA) is 47.7 Å². The van der Waals surface area contributed by atoms with Crippen molar-refractivity contribution >= 4 is 5.69 Å². The summed E-state index contributed by atoms with van der Waals surface area (Å²) in [5, 5.41) is 10.9. The molecule has 0 aliphatic heterocycles. The van der Waals surface area contributed by atoms with E-state index in [0.29, 0.717) is 5.69 Å². The highest BCUT2D eigenvalue weighted by atomic mass is 19.4. The summed E-state index contributed by atoms with van der Waals surface area (Å²) < 4.78 is 40.3. The Kier molecular flexibility index (Phi) is 3.25. The number of anilines is 1. The molecule has 1 N–H and O–H groups in total. The Morgan fingerprint density at radius 2 is 1.95 bits per heavy atom. The molecule has 0 aliphatic carbocycles. The van der Waals surface area contributed by atoms with Crippen LogP contribution in [0.3, 0.4) is 0 Å². The first-order valence-corrected chi connectivity index (χ1v) is 5.61. The third kappa shape index (κ3) is 2.72. The Bertz CT molecular complexity index is 582. The van der Waals surface area contributed by atoms with Gasteiger partial charge in [-0.05, 0) is 13.0 Å². The van der Waals surface area contributed by atoms with Crippen molar-refractivity contribution in [3.63, 3.8) is 0 Å². The van der Waals surface area contributed by atoms with Crippen LogP contribution in [0.1, 0.15) is 17.1 Å². The van der Waals surface area contributed by atoms with Crippen molar-refractivity contribution < 1.29 is 13.2 Å². The number of alkyl halides is 3. The second-order valence-electron chi connectivity index (χ2n) is 4.26. The first kappa shape index (κ1) is 13.4. The van der Waals surface area contributed by atoms with E-state index >= 15 is 0 Å². The van der Waals surface area contributed by atoms with E-state index in [2.05, 4.69) is 15.5 Å². The molecule has 0 saturated heterocycles. The summed E-state index contributed by atoms with van der Waals surface area (Å²) in [6.45, 7) is 2.09. The highest BCUT2D eigenvalue weighted by Crippen LogP contribution is 2.29. The van der Waals surface area contributed by atoms with E-state index in [1.807, 2.05) is 6.92 Å². The standard InChI is InChI=1S/C11H14F3N5/c1-7-9(6-16-18(7)2)15-5-8-4-10(11(12,13)14)19(3)17-8/h4,6,15H,5H2,1-3H3. The van der Waals surface area contributed by atoms with Crippen molar-refractivity contribution in [3.05, 3.63) is 29.3 Å². The molecule has 0 fully saturated rings. The van der Waals surface area contributed by atoms with Gasteiger partial charge in [-0.2, -0.15) is 23.4 Å². The largest absolute Gasteiger partial charge is 0.433 e. The van der Waals surface area contributed by atoms with Gasteiger partial charge in [0.2, 0.25) is 0 Å². The van der Waals surface area contributed by atoms with Crippen LogP contribution in [0.15, 0.2) is 12.3 Å². The Morgan fingerprint density at radius 1 is 1.26 bits per heavy atom. The van der Waals surface area contributed by atoms with Gasteiger partial charge in [0.25, 0.3) is 0 Å². The molecule has 0 atom stereocenters. The summed E-state index contributed by atoms with van der Waals surface area (Å²) >= 11 is 0. The molecule has 2 rings (SSSR count). The van der Waals surface area contributed by atoms with Gasteiger partial charge in [-0.15, -0.1) is 0 Å². The molecule has 8 heteroatoms. The monoisotopic (exact) mass is 273 g/mol. The van der Waals surface area contributed by atoms with Crippen molar-refractivity contribution in [1.82, 2.24) is 19.6 Å². The zero-order valence-corrected chi connectivity index (χ0v) is 10.8. The third-order valence-electron chi connectivity index (χ3n) is 2.92. The van der Waals surface area contributed by atoms with Crippen LogP contribution >= 0.6 is 0 Å². The van der Waals surface area contributed by atoms with Crippen LogP contribution in [0, 0.1) is 6.92 Å². The molecule has 104 valence electrons. The van der Waals surface area contributed by atoms with Crippen LogP contribution in [0.2, 0.25) is 0 Å². The average Bonchev–Trinajstić information content (AvgIpc) is 2.82. The molecule has 19 heavy (non-hydrogen) atoms. The van der Waals surface area contributed by atoms with Gasteiger partial charge in [-0.25, -0.2) is 0 Å². The summed E-state index contributed by atoms with van der Waals surface area (Å²) in [6.07, 6.45) is -2.76. The fourth-order valence-electron chi connectivity index (χ4n) is 1.74. The predicted octanol–water partition coefficient (Wildman–Crippen LogP) is 2.09. The Balaban J connectivity index is 2.11. The summed E-state index contributed by atoms with van der Waals surface area (Å²) in [6, 6.07) is 1.04. The maximum absolute atomic E-state index is 12.6. The van der Waals surface area contributed by atoms with Crippen molar-refractivity contribution in [2.24, 2.45) is 14.1 Å². The minimum atomic E-state index is -4.38. The predicted molar refractivity (Wildman–Crippen MR) is 63.5 cm³/mol. The van der Waals surface area contributed by atoms with Crippen LogP contribution in [-0.4, -0.2) is 19.6 Å². The van der Waals surface area contributed by atoms with Crippen LogP contribution in [0.25, 0.3) is 0 Å².